The molecule has 2 rings (SSSR count). The molecule has 1 saturated heterocycles. The van der Waals surface area contributed by atoms with Gasteiger partial charge in [-0.05, 0) is 31.0 Å². The minimum Gasteiger partial charge on any atom is -0.383 e. The lowest BCUT2D eigenvalue weighted by Crippen LogP contribution is -2.42. The van der Waals surface area contributed by atoms with E-state index in [1.165, 1.54) is 4.88 Å². The molecule has 118 valence electrons. The molecule has 1 N–H and O–H groups in total. The van der Waals surface area contributed by atoms with E-state index in [2.05, 4.69) is 21.7 Å². The highest BCUT2D eigenvalue weighted by Gasteiger charge is 2.18. The second-order valence-electron chi connectivity index (χ2n) is 5.27. The summed E-state index contributed by atoms with van der Waals surface area (Å²) in [6.07, 6.45) is 1.11. The van der Waals surface area contributed by atoms with E-state index in [1.807, 2.05) is 11.0 Å². The molecule has 0 saturated carbocycles. The Kier molecular flexibility index (Phi) is 7.15. The molecule has 0 bridgehead atoms. The number of thiophene rings is 1. The van der Waals surface area contributed by atoms with Gasteiger partial charge >= 0.3 is 0 Å². The van der Waals surface area contributed by atoms with E-state index in [1.54, 1.807) is 18.4 Å². The third-order valence-corrected chi connectivity index (χ3v) is 4.50. The molecule has 1 aromatic rings. The van der Waals surface area contributed by atoms with Crippen LogP contribution in [0.2, 0.25) is 0 Å². The van der Waals surface area contributed by atoms with Crippen molar-refractivity contribution in [1.29, 1.82) is 0 Å². The molecule has 2 heterocycles. The number of amides is 1. The minimum atomic E-state index is 0.197. The van der Waals surface area contributed by atoms with Crippen LogP contribution in [-0.2, 0) is 16.1 Å². The van der Waals surface area contributed by atoms with Crippen LogP contribution in [0.15, 0.2) is 17.5 Å². The lowest BCUT2D eigenvalue weighted by atomic mass is 10.3. The van der Waals surface area contributed by atoms with Crippen LogP contribution >= 0.6 is 11.3 Å². The molecular weight excluding hydrogens is 286 g/mol. The van der Waals surface area contributed by atoms with Gasteiger partial charge in [0, 0.05) is 31.6 Å². The van der Waals surface area contributed by atoms with Gasteiger partial charge in [0.25, 0.3) is 0 Å². The van der Waals surface area contributed by atoms with Crippen molar-refractivity contribution < 1.29 is 9.53 Å². The molecule has 1 fully saturated rings. The van der Waals surface area contributed by atoms with Crippen LogP contribution in [0.25, 0.3) is 0 Å². The van der Waals surface area contributed by atoms with Crippen LogP contribution in [0.4, 0.5) is 0 Å². The van der Waals surface area contributed by atoms with Gasteiger partial charge in [-0.1, -0.05) is 6.07 Å². The molecule has 0 atom stereocenters. The molecule has 0 radical (unpaired) electrons. The van der Waals surface area contributed by atoms with Crippen molar-refractivity contribution in [3.63, 3.8) is 0 Å². The van der Waals surface area contributed by atoms with Crippen molar-refractivity contribution in [3.8, 4) is 0 Å². The molecule has 5 nitrogen and oxygen atoms in total. The summed E-state index contributed by atoms with van der Waals surface area (Å²) in [7, 11) is 1.67. The average Bonchev–Trinajstić information content (AvgIpc) is 2.86. The van der Waals surface area contributed by atoms with Crippen molar-refractivity contribution in [2.24, 2.45) is 0 Å². The summed E-state index contributed by atoms with van der Waals surface area (Å²) in [5, 5.41) is 5.42. The number of carbonyl (C=O) groups is 1. The van der Waals surface area contributed by atoms with Gasteiger partial charge in [0.15, 0.2) is 0 Å². The van der Waals surface area contributed by atoms with Crippen LogP contribution in [-0.4, -0.2) is 68.7 Å². The number of rotatable bonds is 7. The van der Waals surface area contributed by atoms with E-state index in [-0.39, 0.29) is 5.91 Å². The Labute approximate surface area is 130 Å². The van der Waals surface area contributed by atoms with E-state index >= 15 is 0 Å². The summed E-state index contributed by atoms with van der Waals surface area (Å²) >= 11 is 1.69. The summed E-state index contributed by atoms with van der Waals surface area (Å²) in [5.41, 5.74) is 0. The fraction of sp³-hybridized carbons (Fsp3) is 0.667. The van der Waals surface area contributed by atoms with Crippen LogP contribution in [0.5, 0.6) is 0 Å². The number of nitrogens with one attached hydrogen (secondary N) is 1. The maximum Gasteiger partial charge on any atom is 0.237 e. The van der Waals surface area contributed by atoms with E-state index in [9.17, 15) is 4.79 Å². The Morgan fingerprint density at radius 2 is 2.38 bits per heavy atom. The number of hydrogen-bond acceptors (Lipinski definition) is 5. The standard InChI is InChI=1S/C15H25N3O2S/c1-20-10-9-18(12-14-4-2-11-21-14)15(19)13-17-7-3-5-16-6-8-17/h2,4,11,16H,3,5-10,12-13H2,1H3. The van der Waals surface area contributed by atoms with Crippen molar-refractivity contribution >= 4 is 17.2 Å². The van der Waals surface area contributed by atoms with Crippen LogP contribution < -0.4 is 5.32 Å². The molecule has 0 spiro atoms. The predicted molar refractivity (Wildman–Crippen MR) is 85.5 cm³/mol. The quantitative estimate of drug-likeness (QED) is 0.816. The molecule has 0 aromatic carbocycles. The number of carbonyl (C=O) groups excluding carboxylic acids is 1. The summed E-state index contributed by atoms with van der Waals surface area (Å²) in [5.74, 6) is 0.197. The third kappa shape index (κ3) is 5.74. The third-order valence-electron chi connectivity index (χ3n) is 3.64. The van der Waals surface area contributed by atoms with Crippen molar-refractivity contribution in [2.75, 3.05) is 53.0 Å². The van der Waals surface area contributed by atoms with Crippen LogP contribution in [0, 0.1) is 0 Å². The maximum absolute atomic E-state index is 12.6. The summed E-state index contributed by atoms with van der Waals surface area (Å²) < 4.78 is 5.14. The molecule has 1 aliphatic rings. The highest BCUT2D eigenvalue weighted by molar-refractivity contribution is 7.09. The summed E-state index contributed by atoms with van der Waals surface area (Å²) in [4.78, 5) is 17.9. The van der Waals surface area contributed by atoms with Gasteiger partial charge in [-0.3, -0.25) is 9.69 Å². The largest absolute Gasteiger partial charge is 0.383 e. The highest BCUT2D eigenvalue weighted by Crippen LogP contribution is 2.12. The second-order valence-corrected chi connectivity index (χ2v) is 6.30. The summed E-state index contributed by atoms with van der Waals surface area (Å²) in [6, 6.07) is 4.10. The number of methoxy groups -OCH3 is 1. The Morgan fingerprint density at radius 1 is 1.48 bits per heavy atom. The van der Waals surface area contributed by atoms with E-state index in [0.717, 1.165) is 32.6 Å². The lowest BCUT2D eigenvalue weighted by molar-refractivity contribution is -0.133. The second kappa shape index (κ2) is 9.15. The zero-order valence-corrected chi connectivity index (χ0v) is 13.5. The molecule has 0 aliphatic carbocycles. The fourth-order valence-corrected chi connectivity index (χ4v) is 3.15. The smallest absolute Gasteiger partial charge is 0.237 e. The first-order chi connectivity index (χ1) is 10.3. The van der Waals surface area contributed by atoms with Crippen LogP contribution in [0.3, 0.4) is 0 Å². The zero-order valence-electron chi connectivity index (χ0n) is 12.7. The molecule has 1 aliphatic heterocycles. The average molecular weight is 311 g/mol. The van der Waals surface area contributed by atoms with Gasteiger partial charge < -0.3 is 15.0 Å². The van der Waals surface area contributed by atoms with Crippen molar-refractivity contribution in [1.82, 2.24) is 15.1 Å². The van der Waals surface area contributed by atoms with Crippen molar-refractivity contribution in [2.45, 2.75) is 13.0 Å². The van der Waals surface area contributed by atoms with E-state index < -0.39 is 0 Å². The fourth-order valence-electron chi connectivity index (χ4n) is 2.44. The zero-order chi connectivity index (χ0) is 14.9. The molecular formula is C15H25N3O2S. The first kappa shape index (κ1) is 16.4. The van der Waals surface area contributed by atoms with Gasteiger partial charge in [0.2, 0.25) is 5.91 Å². The first-order valence-electron chi connectivity index (χ1n) is 7.52. The molecule has 6 heteroatoms. The molecule has 1 amide bonds. The Bertz CT molecular complexity index is 403. The van der Waals surface area contributed by atoms with Gasteiger partial charge in [-0.25, -0.2) is 0 Å². The first-order valence-corrected chi connectivity index (χ1v) is 8.39. The molecule has 21 heavy (non-hydrogen) atoms. The topological polar surface area (TPSA) is 44.8 Å². The summed E-state index contributed by atoms with van der Waals surface area (Å²) in [6.45, 7) is 6.39. The van der Waals surface area contributed by atoms with Gasteiger partial charge in [0.1, 0.15) is 0 Å². The number of hydrogen-bond donors (Lipinski definition) is 1. The van der Waals surface area contributed by atoms with E-state index in [4.69, 9.17) is 4.74 Å². The Hall–Kier alpha value is -0.950. The molecule has 1 aromatic heterocycles. The monoisotopic (exact) mass is 311 g/mol. The maximum atomic E-state index is 12.6. The van der Waals surface area contributed by atoms with Crippen molar-refractivity contribution in [3.05, 3.63) is 22.4 Å². The minimum absolute atomic E-state index is 0.197. The number of nitrogens with zero attached hydrogens (tertiary/aromatic N) is 2. The van der Waals surface area contributed by atoms with Crippen LogP contribution in [0.1, 0.15) is 11.3 Å². The van der Waals surface area contributed by atoms with Gasteiger partial charge in [-0.2, -0.15) is 0 Å². The van der Waals surface area contributed by atoms with Gasteiger partial charge in [-0.15, -0.1) is 11.3 Å². The number of ether oxygens (including phenoxy) is 1. The SMILES string of the molecule is COCCN(Cc1cccs1)C(=O)CN1CCCNCC1. The Morgan fingerprint density at radius 3 is 3.14 bits per heavy atom. The van der Waals surface area contributed by atoms with Gasteiger partial charge in [0.05, 0.1) is 19.7 Å². The normalized spacial score (nSPS) is 16.6. The molecule has 0 unspecified atom stereocenters. The lowest BCUT2D eigenvalue weighted by Gasteiger charge is -2.26. The Balaban J connectivity index is 1.89. The predicted octanol–water partition coefficient (Wildman–Crippen LogP) is 1.02. The highest BCUT2D eigenvalue weighted by atomic mass is 32.1. The van der Waals surface area contributed by atoms with E-state index in [0.29, 0.717) is 26.2 Å².